The monoisotopic (exact) mass is 237 g/mol. The van der Waals surface area contributed by atoms with Gasteiger partial charge in [-0.25, -0.2) is 9.97 Å². The van der Waals surface area contributed by atoms with E-state index in [9.17, 15) is 4.79 Å². The Morgan fingerprint density at radius 1 is 1.38 bits per heavy atom. The fourth-order valence-electron chi connectivity index (χ4n) is 1.08. The molecule has 16 heavy (non-hydrogen) atoms. The molecule has 6 nitrogen and oxygen atoms in total. The molecule has 0 saturated heterocycles. The van der Waals surface area contributed by atoms with E-state index in [1.807, 2.05) is 0 Å². The summed E-state index contributed by atoms with van der Waals surface area (Å²) in [7, 11) is 0. The van der Waals surface area contributed by atoms with Crippen molar-refractivity contribution in [1.82, 2.24) is 25.5 Å². The summed E-state index contributed by atoms with van der Waals surface area (Å²) < 4.78 is 0. The predicted octanol–water partition coefficient (Wildman–Crippen LogP) is 0.783. The Hall–Kier alpha value is -1.95. The Morgan fingerprint density at radius 2 is 2.25 bits per heavy atom. The van der Waals surface area contributed by atoms with Crippen molar-refractivity contribution < 1.29 is 4.79 Å². The van der Waals surface area contributed by atoms with Gasteiger partial charge in [-0.15, -0.1) is 0 Å². The molecule has 7 heteroatoms. The third-order valence-corrected chi connectivity index (χ3v) is 2.06. The molecule has 0 unspecified atom stereocenters. The number of H-pyrrole nitrogens is 1. The summed E-state index contributed by atoms with van der Waals surface area (Å²) >= 11 is 5.56. The van der Waals surface area contributed by atoms with Crippen molar-refractivity contribution in [2.75, 3.05) is 0 Å². The van der Waals surface area contributed by atoms with E-state index in [1.165, 1.54) is 12.4 Å². The summed E-state index contributed by atoms with van der Waals surface area (Å²) in [6.45, 7) is 0.389. The number of nitrogens with one attached hydrogen (secondary N) is 2. The normalized spacial score (nSPS) is 10.1. The molecule has 1 amide bonds. The minimum atomic E-state index is -0.301. The third-order valence-electron chi connectivity index (χ3n) is 1.86. The van der Waals surface area contributed by atoms with Crippen molar-refractivity contribution >= 4 is 17.5 Å². The van der Waals surface area contributed by atoms with Crippen molar-refractivity contribution in [2.45, 2.75) is 6.54 Å². The van der Waals surface area contributed by atoms with Crippen LogP contribution >= 0.6 is 11.6 Å². The molecule has 2 rings (SSSR count). The highest BCUT2D eigenvalue weighted by molar-refractivity contribution is 6.29. The molecular weight excluding hydrogens is 230 g/mol. The van der Waals surface area contributed by atoms with Gasteiger partial charge in [-0.05, 0) is 0 Å². The van der Waals surface area contributed by atoms with Crippen LogP contribution in [0.25, 0.3) is 0 Å². The zero-order chi connectivity index (χ0) is 11.4. The molecule has 82 valence electrons. The van der Waals surface area contributed by atoms with Crippen LogP contribution in [0, 0.1) is 0 Å². The summed E-state index contributed by atoms with van der Waals surface area (Å²) in [5, 5.41) is 9.35. The quantitative estimate of drug-likeness (QED) is 0.827. The number of aromatic amines is 1. The Morgan fingerprint density at radius 3 is 2.88 bits per heavy atom. The number of rotatable bonds is 3. The summed E-state index contributed by atoms with van der Waals surface area (Å²) in [5.74, 6) is -0.301. The van der Waals surface area contributed by atoms with Gasteiger partial charge in [0, 0.05) is 18.3 Å². The first-order valence-electron chi connectivity index (χ1n) is 4.49. The number of nitrogens with zero attached hydrogens (tertiary/aromatic N) is 3. The van der Waals surface area contributed by atoms with Crippen LogP contribution in [0.2, 0.25) is 5.15 Å². The van der Waals surface area contributed by atoms with E-state index in [-0.39, 0.29) is 16.8 Å². The number of halogens is 1. The number of hydrogen-bond acceptors (Lipinski definition) is 4. The zero-order valence-electron chi connectivity index (χ0n) is 8.14. The topological polar surface area (TPSA) is 83.6 Å². The van der Waals surface area contributed by atoms with Crippen LogP contribution in [0.3, 0.4) is 0 Å². The van der Waals surface area contributed by atoms with Crippen LogP contribution < -0.4 is 5.32 Å². The second-order valence-corrected chi connectivity index (χ2v) is 3.40. The average molecular weight is 238 g/mol. The maximum atomic E-state index is 11.6. The van der Waals surface area contributed by atoms with Crippen LogP contribution in [-0.4, -0.2) is 26.1 Å². The van der Waals surface area contributed by atoms with Crippen molar-refractivity contribution in [2.24, 2.45) is 0 Å². The van der Waals surface area contributed by atoms with Gasteiger partial charge >= 0.3 is 0 Å². The summed E-state index contributed by atoms with van der Waals surface area (Å²) in [6.07, 6.45) is 5.99. The lowest BCUT2D eigenvalue weighted by Crippen LogP contribution is -2.23. The van der Waals surface area contributed by atoms with Crippen LogP contribution in [0.1, 0.15) is 16.1 Å². The molecule has 0 radical (unpaired) electrons. The van der Waals surface area contributed by atoms with E-state index in [4.69, 9.17) is 11.6 Å². The second kappa shape index (κ2) is 4.71. The van der Waals surface area contributed by atoms with Crippen molar-refractivity contribution in [3.63, 3.8) is 0 Å². The maximum Gasteiger partial charge on any atom is 0.271 e. The highest BCUT2D eigenvalue weighted by Crippen LogP contribution is 2.01. The molecule has 2 aromatic rings. The van der Waals surface area contributed by atoms with Gasteiger partial charge in [0.2, 0.25) is 0 Å². The molecular formula is C9H8ClN5O. The highest BCUT2D eigenvalue weighted by atomic mass is 35.5. The lowest BCUT2D eigenvalue weighted by Gasteiger charge is -2.01. The summed E-state index contributed by atoms with van der Waals surface area (Å²) in [6, 6.07) is 0. The van der Waals surface area contributed by atoms with Crippen LogP contribution in [-0.2, 0) is 6.54 Å². The number of carbonyl (C=O) groups excluding carboxylic acids is 1. The lowest BCUT2D eigenvalue weighted by molar-refractivity contribution is 0.0945. The van der Waals surface area contributed by atoms with Gasteiger partial charge in [0.15, 0.2) is 0 Å². The molecule has 0 aromatic carbocycles. The van der Waals surface area contributed by atoms with Crippen LogP contribution in [0.15, 0.2) is 24.8 Å². The lowest BCUT2D eigenvalue weighted by atomic mass is 10.3. The van der Waals surface area contributed by atoms with E-state index >= 15 is 0 Å². The van der Waals surface area contributed by atoms with E-state index in [0.29, 0.717) is 6.54 Å². The minimum Gasteiger partial charge on any atom is -0.346 e. The fraction of sp³-hybridized carbons (Fsp3) is 0.111. The molecule has 2 aromatic heterocycles. The first kappa shape index (κ1) is 10.6. The van der Waals surface area contributed by atoms with Gasteiger partial charge in [-0.3, -0.25) is 9.89 Å². The summed E-state index contributed by atoms with van der Waals surface area (Å²) in [5.41, 5.74) is 1.11. The number of aromatic nitrogens is 4. The van der Waals surface area contributed by atoms with Gasteiger partial charge in [-0.1, -0.05) is 11.6 Å². The smallest absolute Gasteiger partial charge is 0.271 e. The number of carbonyl (C=O) groups is 1. The largest absolute Gasteiger partial charge is 0.346 e. The average Bonchev–Trinajstić information content (AvgIpc) is 2.80. The Balaban J connectivity index is 1.95. The SMILES string of the molecule is O=C(NCc1cn[nH]c1)c1cnc(Cl)cn1. The van der Waals surface area contributed by atoms with Gasteiger partial charge in [0.1, 0.15) is 10.8 Å². The number of hydrogen-bond donors (Lipinski definition) is 2. The Bertz CT molecular complexity index is 467. The predicted molar refractivity (Wildman–Crippen MR) is 56.8 cm³/mol. The Labute approximate surface area is 96.1 Å². The molecule has 2 N–H and O–H groups in total. The van der Waals surface area contributed by atoms with Crippen molar-refractivity contribution in [3.05, 3.63) is 41.2 Å². The molecule has 0 atom stereocenters. The van der Waals surface area contributed by atoms with E-state index < -0.39 is 0 Å². The first-order valence-corrected chi connectivity index (χ1v) is 4.87. The maximum absolute atomic E-state index is 11.6. The molecule has 0 aliphatic rings. The highest BCUT2D eigenvalue weighted by Gasteiger charge is 2.07. The van der Waals surface area contributed by atoms with Gasteiger partial charge < -0.3 is 5.32 Å². The third kappa shape index (κ3) is 2.54. The first-order chi connectivity index (χ1) is 7.75. The number of amides is 1. The van der Waals surface area contributed by atoms with E-state index in [1.54, 1.807) is 12.4 Å². The molecule has 0 fully saturated rings. The Kier molecular flexibility index (Phi) is 3.11. The van der Waals surface area contributed by atoms with E-state index in [0.717, 1.165) is 5.56 Å². The fourth-order valence-corrected chi connectivity index (χ4v) is 1.17. The van der Waals surface area contributed by atoms with Crippen LogP contribution in [0.5, 0.6) is 0 Å². The standard InChI is InChI=1S/C9H8ClN5O/c10-8-5-11-7(4-12-8)9(16)13-1-6-2-14-15-3-6/h2-5H,1H2,(H,13,16)(H,14,15). The van der Waals surface area contributed by atoms with E-state index in [2.05, 4.69) is 25.5 Å². The second-order valence-electron chi connectivity index (χ2n) is 3.01. The molecule has 2 heterocycles. The summed E-state index contributed by atoms with van der Waals surface area (Å²) in [4.78, 5) is 19.2. The van der Waals surface area contributed by atoms with Gasteiger partial charge in [0.05, 0.1) is 18.6 Å². The molecule has 0 saturated carbocycles. The molecule has 0 aliphatic heterocycles. The van der Waals surface area contributed by atoms with Gasteiger partial charge in [0.25, 0.3) is 5.91 Å². The van der Waals surface area contributed by atoms with Crippen molar-refractivity contribution in [1.29, 1.82) is 0 Å². The zero-order valence-corrected chi connectivity index (χ0v) is 8.90. The molecule has 0 bridgehead atoms. The molecule has 0 aliphatic carbocycles. The molecule has 0 spiro atoms. The minimum absolute atomic E-state index is 0.230. The van der Waals surface area contributed by atoms with Crippen LogP contribution in [0.4, 0.5) is 0 Å². The van der Waals surface area contributed by atoms with Gasteiger partial charge in [-0.2, -0.15) is 5.10 Å². The van der Waals surface area contributed by atoms with Crippen molar-refractivity contribution in [3.8, 4) is 0 Å².